The van der Waals surface area contributed by atoms with Crippen molar-refractivity contribution in [3.8, 4) is 11.8 Å². The second-order valence-electron chi connectivity index (χ2n) is 3.89. The van der Waals surface area contributed by atoms with Gasteiger partial charge in [0.25, 0.3) is 6.02 Å². The molecule has 0 fully saturated rings. The van der Waals surface area contributed by atoms with Gasteiger partial charge in [0.05, 0.1) is 24.0 Å². The van der Waals surface area contributed by atoms with Crippen LogP contribution in [-0.2, 0) is 11.2 Å². The average Bonchev–Trinajstić information content (AvgIpc) is 2.43. The number of amidine groups is 1. The molecule has 0 aliphatic carbocycles. The second kappa shape index (κ2) is 6.72. The molecule has 6 nitrogen and oxygen atoms in total. The Morgan fingerprint density at radius 3 is 2.45 bits per heavy atom. The zero-order valence-corrected chi connectivity index (χ0v) is 11.3. The normalized spacial score (nSPS) is 10.1. The highest BCUT2D eigenvalue weighted by Gasteiger charge is 2.01. The van der Waals surface area contributed by atoms with Crippen molar-refractivity contribution < 1.29 is 9.47 Å². The number of ether oxygens (including phenoxy) is 2. The van der Waals surface area contributed by atoms with E-state index < -0.39 is 0 Å². The molecule has 0 saturated heterocycles. The van der Waals surface area contributed by atoms with E-state index in [1.807, 2.05) is 12.1 Å². The third-order valence-electron chi connectivity index (χ3n) is 2.38. The largest absolute Gasteiger partial charge is 0.465 e. The molecule has 20 heavy (non-hydrogen) atoms. The number of nitrogens with two attached hydrogens (primary N) is 1. The Morgan fingerprint density at radius 1 is 1.20 bits per heavy atom. The Morgan fingerprint density at radius 2 is 1.85 bits per heavy atom. The Kier molecular flexibility index (Phi) is 4.73. The van der Waals surface area contributed by atoms with Crippen LogP contribution in [0.4, 0.5) is 0 Å². The van der Waals surface area contributed by atoms with Gasteiger partial charge in [0.1, 0.15) is 5.75 Å². The molecule has 0 amide bonds. The average molecular weight is 293 g/mol. The molecule has 0 aliphatic rings. The molecule has 1 aromatic carbocycles. The lowest BCUT2D eigenvalue weighted by molar-refractivity contribution is 0.301. The van der Waals surface area contributed by atoms with Crippen LogP contribution in [0.25, 0.3) is 0 Å². The molecule has 2 rings (SSSR count). The lowest BCUT2D eigenvalue weighted by Gasteiger charge is -2.06. The molecule has 7 heteroatoms. The first-order valence-corrected chi connectivity index (χ1v) is 6.22. The van der Waals surface area contributed by atoms with Crippen molar-refractivity contribution in [1.29, 1.82) is 5.41 Å². The standard InChI is InChI=1S/C13H13ClN4O2/c14-10-7-17-13(18-8-10)20-11-3-1-9(2-4-11)5-6-19-12(15)16/h1-4,7-8H,5-6H2,(H3,15,16). The molecular weight excluding hydrogens is 280 g/mol. The first-order valence-electron chi connectivity index (χ1n) is 5.84. The molecule has 2 aromatic rings. The van der Waals surface area contributed by atoms with Crippen LogP contribution < -0.4 is 10.5 Å². The molecule has 0 aliphatic heterocycles. The van der Waals surface area contributed by atoms with Gasteiger partial charge in [-0.05, 0) is 17.7 Å². The lowest BCUT2D eigenvalue weighted by atomic mass is 10.1. The predicted octanol–water partition coefficient (Wildman–Crippen LogP) is 2.37. The summed E-state index contributed by atoms with van der Waals surface area (Å²) in [6.45, 7) is 0.371. The molecule has 1 aromatic heterocycles. The quantitative estimate of drug-likeness (QED) is 0.652. The van der Waals surface area contributed by atoms with E-state index in [1.165, 1.54) is 12.4 Å². The SMILES string of the molecule is N=C(N)OCCc1ccc(Oc2ncc(Cl)cn2)cc1. The smallest absolute Gasteiger partial charge is 0.321 e. The van der Waals surface area contributed by atoms with E-state index in [0.29, 0.717) is 23.8 Å². The highest BCUT2D eigenvalue weighted by Crippen LogP contribution is 2.18. The van der Waals surface area contributed by atoms with Crippen LogP contribution in [0, 0.1) is 5.41 Å². The third-order valence-corrected chi connectivity index (χ3v) is 2.57. The van der Waals surface area contributed by atoms with Crippen molar-refractivity contribution >= 4 is 17.6 Å². The minimum absolute atomic E-state index is 0.238. The maximum atomic E-state index is 6.95. The van der Waals surface area contributed by atoms with Crippen LogP contribution in [-0.4, -0.2) is 22.6 Å². The van der Waals surface area contributed by atoms with Gasteiger partial charge in [0.15, 0.2) is 0 Å². The number of nitrogens with zero attached hydrogens (tertiary/aromatic N) is 2. The number of hydrogen-bond acceptors (Lipinski definition) is 5. The van der Waals surface area contributed by atoms with Gasteiger partial charge in [-0.15, -0.1) is 0 Å². The molecule has 104 valence electrons. The highest BCUT2D eigenvalue weighted by atomic mass is 35.5. The van der Waals surface area contributed by atoms with Crippen molar-refractivity contribution in [2.24, 2.45) is 5.73 Å². The zero-order valence-electron chi connectivity index (χ0n) is 10.5. The first-order chi connectivity index (χ1) is 9.63. The van der Waals surface area contributed by atoms with Crippen molar-refractivity contribution in [1.82, 2.24) is 9.97 Å². The van der Waals surface area contributed by atoms with E-state index in [4.69, 9.17) is 32.2 Å². The molecule has 3 N–H and O–H groups in total. The Labute approximate surface area is 121 Å². The summed E-state index contributed by atoms with van der Waals surface area (Å²) in [6.07, 6.45) is 3.60. The number of nitrogens with one attached hydrogen (secondary N) is 1. The van der Waals surface area contributed by atoms with E-state index in [0.717, 1.165) is 5.56 Å². The summed E-state index contributed by atoms with van der Waals surface area (Å²) in [5.74, 6) is 0.628. The third kappa shape index (κ3) is 4.40. The van der Waals surface area contributed by atoms with Gasteiger partial charge < -0.3 is 15.2 Å². The van der Waals surface area contributed by atoms with Crippen molar-refractivity contribution in [2.75, 3.05) is 6.61 Å². The van der Waals surface area contributed by atoms with Gasteiger partial charge in [-0.3, -0.25) is 5.41 Å². The minimum atomic E-state index is -0.273. The fraction of sp³-hybridized carbons (Fsp3) is 0.154. The summed E-state index contributed by atoms with van der Waals surface area (Å²) >= 11 is 5.69. The summed E-state index contributed by atoms with van der Waals surface area (Å²) in [6, 6.07) is 7.37. The van der Waals surface area contributed by atoms with Crippen LogP contribution in [0.15, 0.2) is 36.7 Å². The predicted molar refractivity (Wildman–Crippen MR) is 75.1 cm³/mol. The summed E-state index contributed by atoms with van der Waals surface area (Å²) in [5, 5.41) is 7.40. The molecular formula is C13H13ClN4O2. The number of rotatable bonds is 5. The number of hydrogen-bond donors (Lipinski definition) is 2. The number of aromatic nitrogens is 2. The van der Waals surface area contributed by atoms with Gasteiger partial charge in [-0.25, -0.2) is 9.97 Å². The maximum Gasteiger partial charge on any atom is 0.321 e. The van der Waals surface area contributed by atoms with Gasteiger partial charge in [0, 0.05) is 6.42 Å². The Balaban J connectivity index is 1.91. The number of halogens is 1. The van der Waals surface area contributed by atoms with Crippen LogP contribution in [0.2, 0.25) is 5.02 Å². The Hall–Kier alpha value is -2.34. The van der Waals surface area contributed by atoms with Crippen molar-refractivity contribution in [3.63, 3.8) is 0 Å². The molecule has 0 saturated carbocycles. The summed E-state index contributed by atoms with van der Waals surface area (Å²) < 4.78 is 10.3. The minimum Gasteiger partial charge on any atom is -0.465 e. The summed E-state index contributed by atoms with van der Waals surface area (Å²) in [7, 11) is 0. The molecule has 0 radical (unpaired) electrons. The van der Waals surface area contributed by atoms with Crippen LogP contribution in [0.3, 0.4) is 0 Å². The maximum absolute atomic E-state index is 6.95. The lowest BCUT2D eigenvalue weighted by Crippen LogP contribution is -2.15. The van der Waals surface area contributed by atoms with E-state index in [2.05, 4.69) is 9.97 Å². The van der Waals surface area contributed by atoms with Crippen molar-refractivity contribution in [2.45, 2.75) is 6.42 Å². The zero-order chi connectivity index (χ0) is 14.4. The van der Waals surface area contributed by atoms with Crippen LogP contribution in [0.1, 0.15) is 5.56 Å². The highest BCUT2D eigenvalue weighted by molar-refractivity contribution is 6.30. The van der Waals surface area contributed by atoms with Gasteiger partial charge >= 0.3 is 6.01 Å². The van der Waals surface area contributed by atoms with E-state index in [-0.39, 0.29) is 12.0 Å². The fourth-order valence-corrected chi connectivity index (χ4v) is 1.56. The van der Waals surface area contributed by atoms with E-state index >= 15 is 0 Å². The van der Waals surface area contributed by atoms with E-state index in [9.17, 15) is 0 Å². The molecule has 1 heterocycles. The second-order valence-corrected chi connectivity index (χ2v) is 4.33. The molecule has 0 spiro atoms. The molecule has 0 bridgehead atoms. The van der Waals surface area contributed by atoms with Gasteiger partial charge in [-0.1, -0.05) is 23.7 Å². The summed E-state index contributed by atoms with van der Waals surface area (Å²) in [4.78, 5) is 7.88. The Bertz CT molecular complexity index is 572. The fourth-order valence-electron chi connectivity index (χ4n) is 1.46. The topological polar surface area (TPSA) is 94.1 Å². The molecule has 0 unspecified atom stereocenters. The number of benzene rings is 1. The van der Waals surface area contributed by atoms with Crippen molar-refractivity contribution in [3.05, 3.63) is 47.2 Å². The van der Waals surface area contributed by atoms with E-state index in [1.54, 1.807) is 12.1 Å². The van der Waals surface area contributed by atoms with Gasteiger partial charge in [0.2, 0.25) is 0 Å². The van der Waals surface area contributed by atoms with Gasteiger partial charge in [-0.2, -0.15) is 0 Å². The monoisotopic (exact) mass is 292 g/mol. The van der Waals surface area contributed by atoms with Crippen LogP contribution in [0.5, 0.6) is 11.8 Å². The van der Waals surface area contributed by atoms with Crippen LogP contribution >= 0.6 is 11.6 Å². The first kappa shape index (κ1) is 14.1. The summed E-state index contributed by atoms with van der Waals surface area (Å²) in [5.41, 5.74) is 6.15. The molecule has 0 atom stereocenters.